The van der Waals surface area contributed by atoms with Gasteiger partial charge in [-0.15, -0.1) is 0 Å². The Kier molecular flexibility index (Phi) is 4.64. The minimum atomic E-state index is -3.01. The Morgan fingerprint density at radius 1 is 1.13 bits per heavy atom. The summed E-state index contributed by atoms with van der Waals surface area (Å²) in [6.07, 6.45) is 3.34. The molecule has 0 aromatic heterocycles. The molecule has 23 heavy (non-hydrogen) atoms. The normalized spacial score (nSPS) is 20.8. The van der Waals surface area contributed by atoms with Crippen molar-refractivity contribution in [2.45, 2.75) is 30.6 Å². The number of anilines is 1. The summed E-state index contributed by atoms with van der Waals surface area (Å²) in [7, 11) is -3.01. The van der Waals surface area contributed by atoms with Crippen molar-refractivity contribution in [1.82, 2.24) is 0 Å². The van der Waals surface area contributed by atoms with Gasteiger partial charge in [-0.1, -0.05) is 41.9 Å². The predicted molar refractivity (Wildman–Crippen MR) is 95.8 cm³/mol. The fourth-order valence-electron chi connectivity index (χ4n) is 3.09. The fraction of sp³-hybridized carbons (Fsp3) is 0.333. The monoisotopic (exact) mass is 349 g/mol. The number of benzene rings is 2. The van der Waals surface area contributed by atoms with E-state index in [-0.39, 0.29) is 5.75 Å². The van der Waals surface area contributed by atoms with Gasteiger partial charge in [-0.05, 0) is 48.1 Å². The third-order valence-corrected chi connectivity index (χ3v) is 5.41. The van der Waals surface area contributed by atoms with Crippen molar-refractivity contribution in [3.63, 3.8) is 0 Å². The zero-order valence-electron chi connectivity index (χ0n) is 13.0. The highest BCUT2D eigenvalue weighted by molar-refractivity contribution is 7.89. The Labute approximate surface area is 142 Å². The number of sulfone groups is 1. The summed E-state index contributed by atoms with van der Waals surface area (Å²) in [6.45, 7) is 0. The second kappa shape index (κ2) is 6.54. The van der Waals surface area contributed by atoms with Crippen molar-refractivity contribution in [2.24, 2.45) is 0 Å². The zero-order chi connectivity index (χ0) is 16.4. The molecule has 0 heterocycles. The van der Waals surface area contributed by atoms with Crippen LogP contribution in [0.5, 0.6) is 0 Å². The first-order chi connectivity index (χ1) is 10.9. The van der Waals surface area contributed by atoms with Gasteiger partial charge in [0.2, 0.25) is 0 Å². The number of rotatable bonds is 5. The van der Waals surface area contributed by atoms with Gasteiger partial charge in [-0.25, -0.2) is 8.42 Å². The maximum Gasteiger partial charge on any atom is 0.151 e. The second-order valence-electron chi connectivity index (χ2n) is 6.30. The van der Waals surface area contributed by atoms with E-state index in [9.17, 15) is 8.42 Å². The lowest BCUT2D eigenvalue weighted by atomic mass is 9.76. The molecule has 0 atom stereocenters. The van der Waals surface area contributed by atoms with Gasteiger partial charge >= 0.3 is 0 Å². The maximum absolute atomic E-state index is 11.4. The third-order valence-electron chi connectivity index (χ3n) is 4.21. The van der Waals surface area contributed by atoms with Gasteiger partial charge in [-0.2, -0.15) is 0 Å². The topological polar surface area (TPSA) is 46.2 Å². The van der Waals surface area contributed by atoms with Crippen molar-refractivity contribution in [2.75, 3.05) is 11.6 Å². The molecule has 0 unspecified atom stereocenters. The molecule has 3 rings (SSSR count). The molecule has 0 spiro atoms. The molecule has 0 radical (unpaired) electrons. The Morgan fingerprint density at radius 3 is 2.57 bits per heavy atom. The largest absolute Gasteiger partial charge is 0.382 e. The Morgan fingerprint density at radius 2 is 1.87 bits per heavy atom. The van der Waals surface area contributed by atoms with Crippen molar-refractivity contribution < 1.29 is 8.42 Å². The SMILES string of the molecule is CS(=O)(=O)Cc1cccc(NC2CC(c3ccccc3Cl)C2)c1. The van der Waals surface area contributed by atoms with Crippen LogP contribution in [0.15, 0.2) is 48.5 Å². The molecular weight excluding hydrogens is 330 g/mol. The van der Waals surface area contributed by atoms with Crippen LogP contribution in [0, 0.1) is 0 Å². The van der Waals surface area contributed by atoms with E-state index in [1.807, 2.05) is 42.5 Å². The molecule has 0 amide bonds. The summed E-state index contributed by atoms with van der Waals surface area (Å²) in [5, 5.41) is 4.32. The second-order valence-corrected chi connectivity index (χ2v) is 8.85. The molecule has 1 aliphatic rings. The third kappa shape index (κ3) is 4.27. The summed E-state index contributed by atoms with van der Waals surface area (Å²) in [4.78, 5) is 0. The average Bonchev–Trinajstić information content (AvgIpc) is 2.42. The molecule has 5 heteroatoms. The molecule has 0 saturated heterocycles. The smallest absolute Gasteiger partial charge is 0.151 e. The highest BCUT2D eigenvalue weighted by Gasteiger charge is 2.31. The van der Waals surface area contributed by atoms with Crippen molar-refractivity contribution in [1.29, 1.82) is 0 Å². The van der Waals surface area contributed by atoms with Crippen LogP contribution in [0.25, 0.3) is 0 Å². The lowest BCUT2D eigenvalue weighted by molar-refractivity contribution is 0.374. The fourth-order valence-corrected chi connectivity index (χ4v) is 4.16. The lowest BCUT2D eigenvalue weighted by Crippen LogP contribution is -2.34. The zero-order valence-corrected chi connectivity index (χ0v) is 14.6. The van der Waals surface area contributed by atoms with Crippen LogP contribution in [-0.2, 0) is 15.6 Å². The van der Waals surface area contributed by atoms with Crippen LogP contribution in [-0.4, -0.2) is 20.7 Å². The van der Waals surface area contributed by atoms with Crippen LogP contribution >= 0.6 is 11.6 Å². The summed E-state index contributed by atoms with van der Waals surface area (Å²) in [5.74, 6) is 0.579. The van der Waals surface area contributed by atoms with Crippen LogP contribution in [0.4, 0.5) is 5.69 Å². The van der Waals surface area contributed by atoms with Gasteiger partial charge < -0.3 is 5.32 Å². The van der Waals surface area contributed by atoms with Crippen LogP contribution in [0.1, 0.15) is 29.9 Å². The van der Waals surface area contributed by atoms with E-state index in [1.165, 1.54) is 11.8 Å². The number of hydrogen-bond acceptors (Lipinski definition) is 3. The molecule has 1 aliphatic carbocycles. The molecule has 2 aromatic rings. The van der Waals surface area contributed by atoms with Gasteiger partial charge in [0, 0.05) is 23.0 Å². The predicted octanol–water partition coefficient (Wildman–Crippen LogP) is 4.24. The van der Waals surface area contributed by atoms with E-state index in [0.29, 0.717) is 12.0 Å². The molecule has 122 valence electrons. The minimum absolute atomic E-state index is 0.0788. The van der Waals surface area contributed by atoms with E-state index in [2.05, 4.69) is 11.4 Å². The molecule has 0 aliphatic heterocycles. The van der Waals surface area contributed by atoms with Crippen molar-refractivity contribution in [3.8, 4) is 0 Å². The quantitative estimate of drug-likeness (QED) is 0.878. The number of halogens is 1. The van der Waals surface area contributed by atoms with Crippen molar-refractivity contribution >= 4 is 27.1 Å². The van der Waals surface area contributed by atoms with Crippen molar-refractivity contribution in [3.05, 3.63) is 64.7 Å². The minimum Gasteiger partial charge on any atom is -0.382 e. The van der Waals surface area contributed by atoms with E-state index >= 15 is 0 Å². The van der Waals surface area contributed by atoms with E-state index in [0.717, 1.165) is 29.1 Å². The highest BCUT2D eigenvalue weighted by atomic mass is 35.5. The Balaban J connectivity index is 1.60. The van der Waals surface area contributed by atoms with E-state index < -0.39 is 9.84 Å². The van der Waals surface area contributed by atoms with Gasteiger partial charge in [0.1, 0.15) is 0 Å². The van der Waals surface area contributed by atoms with Crippen LogP contribution in [0.3, 0.4) is 0 Å². The first-order valence-electron chi connectivity index (χ1n) is 7.68. The van der Waals surface area contributed by atoms with Gasteiger partial charge in [0.25, 0.3) is 0 Å². The van der Waals surface area contributed by atoms with E-state index in [4.69, 9.17) is 11.6 Å². The molecular formula is C18H20ClNO2S. The summed E-state index contributed by atoms with van der Waals surface area (Å²) in [6, 6.07) is 16.1. The van der Waals surface area contributed by atoms with Crippen LogP contribution < -0.4 is 5.32 Å². The van der Waals surface area contributed by atoms with Gasteiger partial charge in [-0.3, -0.25) is 0 Å². The summed E-state index contributed by atoms with van der Waals surface area (Å²) < 4.78 is 22.8. The highest BCUT2D eigenvalue weighted by Crippen LogP contribution is 2.41. The lowest BCUT2D eigenvalue weighted by Gasteiger charge is -2.37. The summed E-state index contributed by atoms with van der Waals surface area (Å²) >= 11 is 6.24. The maximum atomic E-state index is 11.4. The standard InChI is InChI=1S/C18H20ClNO2S/c1-23(21,22)12-13-5-4-6-15(9-13)20-16-10-14(11-16)17-7-2-3-8-18(17)19/h2-9,14,16,20H,10-12H2,1H3. The van der Waals surface area contributed by atoms with E-state index in [1.54, 1.807) is 0 Å². The average molecular weight is 350 g/mol. The molecule has 0 bridgehead atoms. The molecule has 3 nitrogen and oxygen atoms in total. The number of nitrogens with one attached hydrogen (secondary N) is 1. The molecule has 1 fully saturated rings. The Hall–Kier alpha value is -1.52. The first-order valence-corrected chi connectivity index (χ1v) is 10.1. The summed E-state index contributed by atoms with van der Waals surface area (Å²) in [5.41, 5.74) is 3.02. The van der Waals surface area contributed by atoms with Gasteiger partial charge in [0.05, 0.1) is 5.75 Å². The Bertz CT molecular complexity index is 798. The van der Waals surface area contributed by atoms with Gasteiger partial charge in [0.15, 0.2) is 9.84 Å². The molecule has 1 N–H and O–H groups in total. The molecule has 1 saturated carbocycles. The first kappa shape index (κ1) is 16.3. The van der Waals surface area contributed by atoms with Crippen LogP contribution in [0.2, 0.25) is 5.02 Å². The number of hydrogen-bond donors (Lipinski definition) is 1. The molecule has 2 aromatic carbocycles.